The standard InChI is InChI=1S/C52H58FN7O8S/c1-5-41-46(26-39-40(53)29-54-49(39)56-41)68-45-23-33(58-21-18-52(19-22-58)27-34(28-52)59-20-8-11-43(59)37-10-7-6-9-36(37)31(2)3)12-13-38(45)50(61)57-69(65,66)35-24-44(60(63)64)48-47(25-35)67-30-42(55-48)32-14-16-51(4,62)17-15-32/h1,6-7,9-10,12-13,23-26,29,31-32,34,42-43,55,62H,8,11,14-22,27-28,30H2,2-4H3,(H,54,56)(H,57,61)/t32?,42-,43-,51?/m1/s1. The monoisotopic (exact) mass is 959 g/mol. The Kier molecular flexibility index (Phi) is 12.1. The van der Waals surface area contributed by atoms with E-state index >= 15 is 0 Å². The second-order valence-electron chi connectivity index (χ2n) is 20.4. The molecule has 17 heteroatoms. The van der Waals surface area contributed by atoms with Gasteiger partial charge in [-0.25, -0.2) is 22.5 Å². The van der Waals surface area contributed by atoms with Crippen LogP contribution >= 0.6 is 0 Å². The number of halogens is 1. The number of ether oxygens (including phenoxy) is 2. The second kappa shape index (κ2) is 17.9. The van der Waals surface area contributed by atoms with Crippen molar-refractivity contribution >= 4 is 44.0 Å². The van der Waals surface area contributed by atoms with Crippen molar-refractivity contribution in [1.82, 2.24) is 19.6 Å². The van der Waals surface area contributed by atoms with Crippen molar-refractivity contribution in [3.05, 3.63) is 105 Å². The van der Waals surface area contributed by atoms with Crippen LogP contribution in [0.2, 0.25) is 0 Å². The SMILES string of the molecule is C#Cc1nc2[nH]cc(F)c2cc1Oc1cc(N2CCC3(CC2)CC(N2CCC[C@@H]2c2ccccc2C(C)C)C3)ccc1C(=O)NS(=O)(=O)c1cc2c(c([N+](=O)[O-])c1)N[C@@H](C1CCC(C)(O)CC1)CO2. The molecule has 0 bridgehead atoms. The number of hydrogen-bond donors (Lipinski definition) is 4. The van der Waals surface area contributed by atoms with Gasteiger partial charge in [-0.05, 0) is 130 Å². The number of rotatable bonds is 11. The minimum atomic E-state index is -4.76. The van der Waals surface area contributed by atoms with Crippen molar-refractivity contribution in [2.75, 3.05) is 36.5 Å². The Balaban J connectivity index is 0.884. The Morgan fingerprint density at radius 3 is 2.54 bits per heavy atom. The number of aromatic nitrogens is 2. The van der Waals surface area contributed by atoms with Crippen LogP contribution < -0.4 is 24.4 Å². The summed E-state index contributed by atoms with van der Waals surface area (Å²) in [5, 5.41) is 26.2. The van der Waals surface area contributed by atoms with Gasteiger partial charge in [-0.1, -0.05) is 38.1 Å². The highest BCUT2D eigenvalue weighted by atomic mass is 32.2. The zero-order valence-corrected chi connectivity index (χ0v) is 39.9. The number of carbonyl (C=O) groups is 1. The molecule has 4 fully saturated rings. The minimum Gasteiger partial charge on any atom is -0.489 e. The van der Waals surface area contributed by atoms with Crippen molar-refractivity contribution in [2.24, 2.45) is 11.3 Å². The average Bonchev–Trinajstić information content (AvgIpc) is 3.96. The molecule has 10 rings (SSSR count). The molecular weight excluding hydrogens is 902 g/mol. The number of hydrogen-bond acceptors (Lipinski definition) is 12. The van der Waals surface area contributed by atoms with Gasteiger partial charge in [0.15, 0.2) is 22.9 Å². The van der Waals surface area contributed by atoms with Gasteiger partial charge < -0.3 is 29.8 Å². The lowest BCUT2D eigenvalue weighted by Crippen LogP contribution is -2.54. The quantitative estimate of drug-likeness (QED) is 0.0558. The number of likely N-dealkylation sites (tertiary alicyclic amines) is 1. The number of nitro groups is 1. The molecule has 2 aliphatic carbocycles. The summed E-state index contributed by atoms with van der Waals surface area (Å²) in [5.41, 5.74) is 2.64. The highest BCUT2D eigenvalue weighted by Crippen LogP contribution is 2.54. The number of benzene rings is 3. The van der Waals surface area contributed by atoms with Crippen molar-refractivity contribution < 1.29 is 37.1 Å². The summed E-state index contributed by atoms with van der Waals surface area (Å²) in [5.74, 6) is 1.20. The first kappa shape index (κ1) is 46.5. The number of aliphatic hydroxyl groups is 1. The molecule has 69 heavy (non-hydrogen) atoms. The smallest absolute Gasteiger partial charge is 0.297 e. The van der Waals surface area contributed by atoms with Crippen molar-refractivity contribution in [3.63, 3.8) is 0 Å². The summed E-state index contributed by atoms with van der Waals surface area (Å²) in [6.07, 6.45) is 16.1. The third-order valence-corrected chi connectivity index (χ3v) is 16.9. The van der Waals surface area contributed by atoms with E-state index in [1.165, 1.54) is 36.1 Å². The maximum atomic E-state index is 14.8. The van der Waals surface area contributed by atoms with Crippen LogP contribution in [-0.2, 0) is 10.0 Å². The molecule has 5 aromatic rings. The van der Waals surface area contributed by atoms with Gasteiger partial charge in [0.2, 0.25) is 0 Å². The van der Waals surface area contributed by atoms with Crippen molar-refractivity contribution in [2.45, 2.75) is 120 Å². The lowest BCUT2D eigenvalue weighted by molar-refractivity contribution is -0.384. The Bertz CT molecular complexity index is 2980. The summed E-state index contributed by atoms with van der Waals surface area (Å²) in [7, 11) is -4.76. The predicted molar refractivity (Wildman–Crippen MR) is 260 cm³/mol. The zero-order valence-electron chi connectivity index (χ0n) is 39.1. The number of sulfonamides is 1. The molecule has 2 atom stereocenters. The van der Waals surface area contributed by atoms with Crippen LogP contribution in [0, 0.1) is 39.6 Å². The number of nitrogens with one attached hydrogen (secondary N) is 3. The fraction of sp³-hybridized carbons (Fsp3) is 0.462. The summed E-state index contributed by atoms with van der Waals surface area (Å²) in [4.78, 5) is 37.4. The molecule has 3 aromatic carbocycles. The van der Waals surface area contributed by atoms with E-state index in [1.807, 2.05) is 0 Å². The van der Waals surface area contributed by atoms with Crippen molar-refractivity contribution in [1.29, 1.82) is 0 Å². The molecule has 1 amide bonds. The molecule has 5 heterocycles. The Morgan fingerprint density at radius 1 is 1.06 bits per heavy atom. The van der Waals surface area contributed by atoms with Crippen LogP contribution in [0.15, 0.2) is 71.8 Å². The number of nitrogens with zero attached hydrogens (tertiary/aromatic N) is 4. The largest absolute Gasteiger partial charge is 0.489 e. The molecule has 2 saturated heterocycles. The Labute approximate surface area is 401 Å². The van der Waals surface area contributed by atoms with Crippen LogP contribution in [0.1, 0.15) is 124 Å². The van der Waals surface area contributed by atoms with Gasteiger partial charge in [0, 0.05) is 55.3 Å². The number of anilines is 2. The van der Waals surface area contributed by atoms with E-state index in [0.717, 1.165) is 69.3 Å². The van der Waals surface area contributed by atoms with E-state index in [0.29, 0.717) is 43.7 Å². The van der Waals surface area contributed by atoms with Gasteiger partial charge in [-0.3, -0.25) is 19.8 Å². The van der Waals surface area contributed by atoms with E-state index in [9.17, 15) is 32.8 Å². The second-order valence-corrected chi connectivity index (χ2v) is 22.1. The molecule has 2 aromatic heterocycles. The number of terminal acetylenes is 1. The molecule has 15 nitrogen and oxygen atoms in total. The normalized spacial score (nSPS) is 23.7. The first-order chi connectivity index (χ1) is 33.0. The first-order valence-corrected chi connectivity index (χ1v) is 25.6. The number of aromatic amines is 1. The molecule has 5 aliphatic rings. The maximum Gasteiger partial charge on any atom is 0.297 e. The molecule has 2 saturated carbocycles. The van der Waals surface area contributed by atoms with E-state index in [2.05, 4.69) is 73.8 Å². The van der Waals surface area contributed by atoms with E-state index < -0.39 is 42.9 Å². The Morgan fingerprint density at radius 2 is 1.81 bits per heavy atom. The maximum absolute atomic E-state index is 14.8. The van der Waals surface area contributed by atoms with Crippen LogP contribution in [0.25, 0.3) is 11.0 Å². The Hall–Kier alpha value is -6.22. The number of carbonyl (C=O) groups excluding carboxylic acids is 1. The molecule has 4 N–H and O–H groups in total. The molecular formula is C52H58FN7O8S. The molecule has 362 valence electrons. The summed E-state index contributed by atoms with van der Waals surface area (Å²) < 4.78 is 57.3. The van der Waals surface area contributed by atoms with Crippen LogP contribution in [0.5, 0.6) is 17.2 Å². The highest BCUT2D eigenvalue weighted by Gasteiger charge is 2.50. The number of piperidine rings is 1. The number of pyridine rings is 1. The lowest BCUT2D eigenvalue weighted by Gasteiger charge is -2.56. The van der Waals surface area contributed by atoms with Gasteiger partial charge in [0.1, 0.15) is 23.8 Å². The fourth-order valence-electron chi connectivity index (χ4n) is 11.7. The minimum absolute atomic E-state index is 0.0219. The third-order valence-electron chi connectivity index (χ3n) is 15.6. The van der Waals surface area contributed by atoms with Crippen LogP contribution in [0.4, 0.5) is 21.5 Å². The first-order valence-electron chi connectivity index (χ1n) is 24.1. The molecule has 1 spiro atoms. The number of nitro benzene ring substituents is 1. The summed E-state index contributed by atoms with van der Waals surface area (Å²) in [6.45, 7) is 9.07. The van der Waals surface area contributed by atoms with Gasteiger partial charge in [0.05, 0.1) is 32.4 Å². The van der Waals surface area contributed by atoms with Gasteiger partial charge in [-0.2, -0.15) is 0 Å². The van der Waals surface area contributed by atoms with E-state index in [1.54, 1.807) is 19.1 Å². The average molecular weight is 960 g/mol. The van der Waals surface area contributed by atoms with Gasteiger partial charge >= 0.3 is 0 Å². The predicted octanol–water partition coefficient (Wildman–Crippen LogP) is 9.33. The number of H-pyrrole nitrogens is 1. The van der Waals surface area contributed by atoms with Gasteiger partial charge in [-0.15, -0.1) is 6.42 Å². The zero-order chi connectivity index (χ0) is 48.4. The number of amides is 1. The van der Waals surface area contributed by atoms with Crippen LogP contribution in [-0.4, -0.2) is 83.1 Å². The summed E-state index contributed by atoms with van der Waals surface area (Å²) in [6, 6.07) is 17.9. The van der Waals surface area contributed by atoms with E-state index in [4.69, 9.17) is 15.9 Å². The summed E-state index contributed by atoms with van der Waals surface area (Å²) >= 11 is 0. The van der Waals surface area contributed by atoms with E-state index in [-0.39, 0.29) is 69.2 Å². The number of fused-ring (bicyclic) bond motifs is 2. The van der Waals surface area contributed by atoms with Crippen LogP contribution in [0.3, 0.4) is 0 Å². The van der Waals surface area contributed by atoms with Crippen molar-refractivity contribution in [3.8, 4) is 29.6 Å². The molecule has 3 aliphatic heterocycles. The fourth-order valence-corrected chi connectivity index (χ4v) is 12.7. The lowest BCUT2D eigenvalue weighted by atomic mass is 9.59. The highest BCUT2D eigenvalue weighted by molar-refractivity contribution is 7.90. The molecule has 0 unspecified atom stereocenters. The molecule has 0 radical (unpaired) electrons. The van der Waals surface area contributed by atoms with Gasteiger partial charge in [0.25, 0.3) is 21.6 Å². The third kappa shape index (κ3) is 8.98. The topological polar surface area (TPSA) is 192 Å².